The average molecular weight is 328 g/mol. The summed E-state index contributed by atoms with van der Waals surface area (Å²) in [6.07, 6.45) is 2.99. The maximum Gasteiger partial charge on any atom is 0.343 e. The number of hydroxylamine groups is 1. The van der Waals surface area contributed by atoms with Crippen LogP contribution in [0, 0.1) is 0 Å². The predicted octanol–water partition coefficient (Wildman–Crippen LogP) is 2.24. The zero-order valence-corrected chi connectivity index (χ0v) is 13.2. The van der Waals surface area contributed by atoms with Crippen LogP contribution in [-0.2, 0) is 4.84 Å². The fourth-order valence-corrected chi connectivity index (χ4v) is 2.61. The number of carbonyl (C=O) groups excluding carboxylic acids is 1. The Bertz CT molecular complexity index is 481. The van der Waals surface area contributed by atoms with Crippen LogP contribution < -0.4 is 10.8 Å². The molecule has 1 fully saturated rings. The molecule has 2 amide bonds. The van der Waals surface area contributed by atoms with Crippen molar-refractivity contribution >= 4 is 23.3 Å². The van der Waals surface area contributed by atoms with Gasteiger partial charge in [-0.15, -0.1) is 0 Å². The van der Waals surface area contributed by atoms with Gasteiger partial charge in [-0.3, -0.25) is 4.84 Å². The molecule has 1 heterocycles. The standard InChI is InChI=1S/C15H22ClN3O3/c16-12-5-4-6-13(9-12)17-15(21)18-22-11-14(20)10-19-7-2-1-3-8-19/h4-6,9,14,20H,1-3,7-8,10-11H2,(H2,17,18,21). The Labute approximate surface area is 135 Å². The van der Waals surface area contributed by atoms with Crippen molar-refractivity contribution in [2.45, 2.75) is 25.4 Å². The van der Waals surface area contributed by atoms with Crippen LogP contribution in [0.15, 0.2) is 24.3 Å². The number of amides is 2. The van der Waals surface area contributed by atoms with E-state index in [1.54, 1.807) is 24.3 Å². The highest BCUT2D eigenvalue weighted by Crippen LogP contribution is 2.14. The number of halogens is 1. The van der Waals surface area contributed by atoms with Crippen LogP contribution in [0.4, 0.5) is 10.5 Å². The van der Waals surface area contributed by atoms with Crippen molar-refractivity contribution in [3.63, 3.8) is 0 Å². The van der Waals surface area contributed by atoms with Gasteiger partial charge in [0.25, 0.3) is 0 Å². The quantitative estimate of drug-likeness (QED) is 0.701. The van der Waals surface area contributed by atoms with E-state index in [2.05, 4.69) is 15.7 Å². The molecule has 1 saturated heterocycles. The molecule has 0 saturated carbocycles. The highest BCUT2D eigenvalue weighted by molar-refractivity contribution is 6.30. The number of rotatable bonds is 6. The third-order valence-corrected chi connectivity index (χ3v) is 3.68. The van der Waals surface area contributed by atoms with Gasteiger partial charge in [0.1, 0.15) is 6.61 Å². The van der Waals surface area contributed by atoms with Crippen molar-refractivity contribution in [2.24, 2.45) is 0 Å². The molecule has 3 N–H and O–H groups in total. The van der Waals surface area contributed by atoms with E-state index in [0.29, 0.717) is 17.3 Å². The molecule has 0 radical (unpaired) electrons. The summed E-state index contributed by atoms with van der Waals surface area (Å²) in [6.45, 7) is 2.65. The first-order valence-corrected chi connectivity index (χ1v) is 7.86. The maximum atomic E-state index is 11.6. The molecule has 7 heteroatoms. The van der Waals surface area contributed by atoms with Crippen molar-refractivity contribution < 1.29 is 14.7 Å². The Morgan fingerprint density at radius 1 is 1.36 bits per heavy atom. The molecule has 0 aromatic heterocycles. The largest absolute Gasteiger partial charge is 0.389 e. The van der Waals surface area contributed by atoms with Gasteiger partial charge in [-0.25, -0.2) is 10.3 Å². The first kappa shape index (κ1) is 17.0. The fourth-order valence-electron chi connectivity index (χ4n) is 2.42. The number of β-amino-alcohol motifs (C(OH)–C–C–N with tert-alkyl or cyclic N) is 1. The minimum Gasteiger partial charge on any atom is -0.389 e. The second-order valence-electron chi connectivity index (χ2n) is 5.39. The summed E-state index contributed by atoms with van der Waals surface area (Å²) >= 11 is 5.83. The molecule has 22 heavy (non-hydrogen) atoms. The lowest BCUT2D eigenvalue weighted by molar-refractivity contribution is -0.0156. The van der Waals surface area contributed by atoms with Crippen LogP contribution in [0.2, 0.25) is 5.02 Å². The number of hydrogen-bond donors (Lipinski definition) is 3. The molecule has 0 spiro atoms. The van der Waals surface area contributed by atoms with Crippen LogP contribution in [0.25, 0.3) is 0 Å². The Hall–Kier alpha value is -1.34. The summed E-state index contributed by atoms with van der Waals surface area (Å²) in [5.41, 5.74) is 2.82. The van der Waals surface area contributed by atoms with E-state index in [9.17, 15) is 9.90 Å². The zero-order chi connectivity index (χ0) is 15.8. The van der Waals surface area contributed by atoms with Crippen molar-refractivity contribution in [1.29, 1.82) is 0 Å². The topological polar surface area (TPSA) is 73.8 Å². The van der Waals surface area contributed by atoms with Gasteiger partial charge < -0.3 is 15.3 Å². The second-order valence-corrected chi connectivity index (χ2v) is 5.83. The summed E-state index contributed by atoms with van der Waals surface area (Å²) in [7, 11) is 0. The smallest absolute Gasteiger partial charge is 0.343 e. The van der Waals surface area contributed by atoms with E-state index in [1.807, 2.05) is 0 Å². The predicted molar refractivity (Wildman–Crippen MR) is 85.9 cm³/mol. The SMILES string of the molecule is O=C(NOCC(O)CN1CCCCC1)Nc1cccc(Cl)c1. The molecule has 6 nitrogen and oxygen atoms in total. The second kappa shape index (κ2) is 8.95. The molecule has 1 aliphatic heterocycles. The van der Waals surface area contributed by atoms with Crippen molar-refractivity contribution in [3.8, 4) is 0 Å². The third kappa shape index (κ3) is 6.19. The Morgan fingerprint density at radius 3 is 2.86 bits per heavy atom. The number of carbonyl (C=O) groups is 1. The van der Waals surface area contributed by atoms with Gasteiger partial charge in [-0.1, -0.05) is 24.1 Å². The molecule has 1 unspecified atom stereocenters. The molecule has 0 bridgehead atoms. The highest BCUT2D eigenvalue weighted by Gasteiger charge is 2.15. The van der Waals surface area contributed by atoms with Crippen molar-refractivity contribution in [1.82, 2.24) is 10.4 Å². The van der Waals surface area contributed by atoms with E-state index in [4.69, 9.17) is 16.4 Å². The van der Waals surface area contributed by atoms with Crippen LogP contribution in [0.5, 0.6) is 0 Å². The number of hydrogen-bond acceptors (Lipinski definition) is 4. The molecule has 1 aromatic rings. The summed E-state index contributed by atoms with van der Waals surface area (Å²) < 4.78 is 0. The summed E-state index contributed by atoms with van der Waals surface area (Å²) in [4.78, 5) is 18.9. The molecule has 2 rings (SSSR count). The number of benzene rings is 1. The number of piperidine rings is 1. The number of aliphatic hydroxyl groups is 1. The first-order valence-electron chi connectivity index (χ1n) is 7.48. The van der Waals surface area contributed by atoms with Crippen LogP contribution in [0.1, 0.15) is 19.3 Å². The minimum absolute atomic E-state index is 0.0550. The molecule has 0 aliphatic carbocycles. The third-order valence-electron chi connectivity index (χ3n) is 3.44. The van der Waals surface area contributed by atoms with Gasteiger partial charge in [-0.05, 0) is 44.1 Å². The Kier molecular flexibility index (Phi) is 6.92. The van der Waals surface area contributed by atoms with E-state index < -0.39 is 12.1 Å². The number of urea groups is 1. The molecular weight excluding hydrogens is 306 g/mol. The van der Waals surface area contributed by atoms with E-state index >= 15 is 0 Å². The number of likely N-dealkylation sites (tertiary alicyclic amines) is 1. The molecule has 122 valence electrons. The highest BCUT2D eigenvalue weighted by atomic mass is 35.5. The summed E-state index contributed by atoms with van der Waals surface area (Å²) in [6, 6.07) is 6.30. The first-order chi connectivity index (χ1) is 10.6. The lowest BCUT2D eigenvalue weighted by Crippen LogP contribution is -2.40. The van der Waals surface area contributed by atoms with Crippen LogP contribution in [0.3, 0.4) is 0 Å². The number of nitrogens with one attached hydrogen (secondary N) is 2. The van der Waals surface area contributed by atoms with Crippen molar-refractivity contribution in [3.05, 3.63) is 29.3 Å². The van der Waals surface area contributed by atoms with Gasteiger partial charge >= 0.3 is 6.03 Å². The normalized spacial score (nSPS) is 17.0. The fraction of sp³-hybridized carbons (Fsp3) is 0.533. The van der Waals surface area contributed by atoms with Gasteiger partial charge in [0.15, 0.2) is 0 Å². The monoisotopic (exact) mass is 327 g/mol. The molecule has 1 aromatic carbocycles. The Balaban J connectivity index is 1.61. The summed E-state index contributed by atoms with van der Waals surface area (Å²) in [5.74, 6) is 0. The minimum atomic E-state index is -0.621. The van der Waals surface area contributed by atoms with Crippen LogP contribution >= 0.6 is 11.6 Å². The zero-order valence-electron chi connectivity index (χ0n) is 12.4. The van der Waals surface area contributed by atoms with Gasteiger partial charge in [0.2, 0.25) is 0 Å². The van der Waals surface area contributed by atoms with Gasteiger partial charge in [0, 0.05) is 17.3 Å². The number of nitrogens with zero attached hydrogens (tertiary/aromatic N) is 1. The van der Waals surface area contributed by atoms with E-state index in [0.717, 1.165) is 13.1 Å². The maximum absolute atomic E-state index is 11.6. The van der Waals surface area contributed by atoms with E-state index in [-0.39, 0.29) is 6.61 Å². The van der Waals surface area contributed by atoms with Gasteiger partial charge in [-0.2, -0.15) is 0 Å². The van der Waals surface area contributed by atoms with E-state index in [1.165, 1.54) is 19.3 Å². The van der Waals surface area contributed by atoms with Crippen LogP contribution in [-0.4, -0.2) is 48.4 Å². The number of aliphatic hydroxyl groups excluding tert-OH is 1. The van der Waals surface area contributed by atoms with Crippen molar-refractivity contribution in [2.75, 3.05) is 31.6 Å². The lowest BCUT2D eigenvalue weighted by Gasteiger charge is -2.28. The summed E-state index contributed by atoms with van der Waals surface area (Å²) in [5, 5.41) is 13.0. The average Bonchev–Trinajstić information content (AvgIpc) is 2.48. The lowest BCUT2D eigenvalue weighted by atomic mass is 10.1. The van der Waals surface area contributed by atoms with Gasteiger partial charge in [0.05, 0.1) is 6.10 Å². The molecule has 1 atom stereocenters. The number of anilines is 1. The molecule has 1 aliphatic rings. The Morgan fingerprint density at radius 2 is 2.14 bits per heavy atom. The molecular formula is C15H22ClN3O3.